The number of benzene rings is 1. The van der Waals surface area contributed by atoms with Gasteiger partial charge in [-0.15, -0.1) is 0 Å². The van der Waals surface area contributed by atoms with Crippen molar-refractivity contribution in [1.82, 2.24) is 0 Å². The van der Waals surface area contributed by atoms with Crippen molar-refractivity contribution in [3.8, 4) is 6.19 Å². The molecule has 0 radical (unpaired) electrons. The van der Waals surface area contributed by atoms with Crippen LogP contribution in [0.1, 0.15) is 0 Å². The summed E-state index contributed by atoms with van der Waals surface area (Å²) < 4.78 is 0. The van der Waals surface area contributed by atoms with E-state index in [1.54, 1.807) is 37.5 Å². The topological polar surface area (TPSA) is 51.8 Å². The van der Waals surface area contributed by atoms with Gasteiger partial charge in [-0.25, -0.2) is 5.01 Å². The van der Waals surface area contributed by atoms with Crippen molar-refractivity contribution in [2.75, 3.05) is 12.1 Å². The largest absolute Gasteiger partial charge is 0.249 e. The normalized spacial score (nSPS) is 9.92. The van der Waals surface area contributed by atoms with Crippen LogP contribution in [0.5, 0.6) is 0 Å². The van der Waals surface area contributed by atoms with Gasteiger partial charge >= 0.3 is 0 Å². The van der Waals surface area contributed by atoms with Crippen LogP contribution in [0.15, 0.2) is 34.6 Å². The third-order valence-corrected chi connectivity index (χ3v) is 1.68. The monoisotopic (exact) mass is 194 g/mol. The molecule has 0 saturated heterocycles. The quantitative estimate of drug-likeness (QED) is 0.413. The molecule has 4 nitrogen and oxygen atoms in total. The van der Waals surface area contributed by atoms with E-state index < -0.39 is 0 Å². The third-order valence-electron chi connectivity index (χ3n) is 1.42. The molecule has 0 heterocycles. The zero-order valence-corrected chi connectivity index (χ0v) is 7.73. The molecular weight excluding hydrogens is 188 g/mol. The van der Waals surface area contributed by atoms with Crippen LogP contribution >= 0.6 is 11.6 Å². The highest BCUT2D eigenvalue weighted by Crippen LogP contribution is 2.16. The number of nitriles is 1. The van der Waals surface area contributed by atoms with Crippen LogP contribution in [0.4, 0.5) is 5.69 Å². The van der Waals surface area contributed by atoms with Gasteiger partial charge in [-0.2, -0.15) is 5.26 Å². The zero-order valence-electron chi connectivity index (χ0n) is 6.98. The molecule has 1 rings (SSSR count). The maximum Gasteiger partial charge on any atom is 0.227 e. The van der Waals surface area contributed by atoms with Crippen LogP contribution in [0.3, 0.4) is 0 Å². The molecule has 0 bridgehead atoms. The molecule has 0 spiro atoms. The Kier molecular flexibility index (Phi) is 3.23. The fourth-order valence-electron chi connectivity index (χ4n) is 0.796. The van der Waals surface area contributed by atoms with E-state index in [1.807, 2.05) is 0 Å². The van der Waals surface area contributed by atoms with Crippen LogP contribution in [0, 0.1) is 11.5 Å². The highest BCUT2D eigenvalue weighted by molar-refractivity contribution is 6.30. The first-order valence-electron chi connectivity index (χ1n) is 3.53. The van der Waals surface area contributed by atoms with E-state index in [9.17, 15) is 0 Å². The molecule has 0 atom stereocenters. The summed E-state index contributed by atoms with van der Waals surface area (Å²) in [5, 5.41) is 17.1. The fraction of sp³-hybridized carbons (Fsp3) is 0.125. The Labute approximate surface area is 81.0 Å². The van der Waals surface area contributed by atoms with Gasteiger partial charge in [0.1, 0.15) is 0 Å². The minimum atomic E-state index is 0.661. The van der Waals surface area contributed by atoms with Crippen molar-refractivity contribution < 1.29 is 0 Å². The Morgan fingerprint density at radius 3 is 2.54 bits per heavy atom. The van der Waals surface area contributed by atoms with Gasteiger partial charge in [0, 0.05) is 12.1 Å². The highest BCUT2D eigenvalue weighted by Gasteiger charge is 1.97. The van der Waals surface area contributed by atoms with Gasteiger partial charge in [-0.3, -0.25) is 0 Å². The number of hydrogen-bond acceptors (Lipinski definition) is 3. The van der Waals surface area contributed by atoms with Gasteiger partial charge < -0.3 is 0 Å². The first kappa shape index (κ1) is 9.49. The molecule has 0 amide bonds. The summed E-state index contributed by atoms with van der Waals surface area (Å²) in [5.41, 5.74) is 0.823. The first-order valence-corrected chi connectivity index (χ1v) is 3.91. The summed E-state index contributed by atoms with van der Waals surface area (Å²) in [6.07, 6.45) is 1.57. The second kappa shape index (κ2) is 4.43. The molecular formula is C8H7ClN4. The van der Waals surface area contributed by atoms with Crippen molar-refractivity contribution in [3.63, 3.8) is 0 Å². The standard InChI is InChI=1S/C8H7ClN4/c1-13(12-11-6-10)8-4-2-7(9)3-5-8/h2-5H,1H3. The van der Waals surface area contributed by atoms with E-state index >= 15 is 0 Å². The Hall–Kier alpha value is -1.60. The van der Waals surface area contributed by atoms with Gasteiger partial charge in [0.05, 0.1) is 5.69 Å². The molecule has 13 heavy (non-hydrogen) atoms. The highest BCUT2D eigenvalue weighted by atomic mass is 35.5. The molecule has 0 fully saturated rings. The van der Waals surface area contributed by atoms with Gasteiger partial charge in [-0.05, 0) is 24.3 Å². The third kappa shape index (κ3) is 2.73. The molecule has 0 unspecified atom stereocenters. The maximum absolute atomic E-state index is 8.15. The van der Waals surface area contributed by atoms with Crippen molar-refractivity contribution in [2.45, 2.75) is 0 Å². The number of nitrogens with zero attached hydrogens (tertiary/aromatic N) is 4. The summed E-state index contributed by atoms with van der Waals surface area (Å²) in [5.74, 6) is 0. The zero-order chi connectivity index (χ0) is 9.68. The predicted molar refractivity (Wildman–Crippen MR) is 50.3 cm³/mol. The summed E-state index contributed by atoms with van der Waals surface area (Å²) in [4.78, 5) is 0. The molecule has 1 aromatic rings. The molecule has 66 valence electrons. The second-order valence-corrected chi connectivity index (χ2v) is 2.73. The van der Waals surface area contributed by atoms with Crippen molar-refractivity contribution >= 4 is 17.3 Å². The number of rotatable bonds is 2. The van der Waals surface area contributed by atoms with Crippen LogP contribution < -0.4 is 5.01 Å². The van der Waals surface area contributed by atoms with Crippen molar-refractivity contribution in [1.29, 1.82) is 5.26 Å². The van der Waals surface area contributed by atoms with Gasteiger partial charge in [0.2, 0.25) is 6.19 Å². The van der Waals surface area contributed by atoms with Gasteiger partial charge in [-0.1, -0.05) is 21.9 Å². The maximum atomic E-state index is 8.15. The molecule has 0 saturated carbocycles. The average Bonchev–Trinajstić information content (AvgIpc) is 2.15. The van der Waals surface area contributed by atoms with Crippen LogP contribution in [0.2, 0.25) is 5.02 Å². The lowest BCUT2D eigenvalue weighted by atomic mass is 10.3. The lowest BCUT2D eigenvalue weighted by Crippen LogP contribution is -2.06. The molecule has 0 aromatic heterocycles. The Bertz CT molecular complexity index is 338. The first-order chi connectivity index (χ1) is 6.24. The molecule has 0 aliphatic carbocycles. The number of anilines is 1. The summed E-state index contributed by atoms with van der Waals surface area (Å²) in [6, 6.07) is 7.07. The predicted octanol–water partition coefficient (Wildman–Crippen LogP) is 2.62. The minimum Gasteiger partial charge on any atom is -0.249 e. The Morgan fingerprint density at radius 2 is 2.00 bits per heavy atom. The molecule has 0 aliphatic rings. The van der Waals surface area contributed by atoms with E-state index in [0.29, 0.717) is 5.02 Å². The van der Waals surface area contributed by atoms with E-state index in [4.69, 9.17) is 16.9 Å². The molecule has 0 aliphatic heterocycles. The van der Waals surface area contributed by atoms with Crippen LogP contribution in [-0.2, 0) is 0 Å². The van der Waals surface area contributed by atoms with Crippen molar-refractivity contribution in [2.24, 2.45) is 10.3 Å². The van der Waals surface area contributed by atoms with E-state index in [0.717, 1.165) is 5.69 Å². The van der Waals surface area contributed by atoms with Gasteiger partial charge in [0.15, 0.2) is 0 Å². The molecule has 0 N–H and O–H groups in total. The van der Waals surface area contributed by atoms with Gasteiger partial charge in [0.25, 0.3) is 0 Å². The minimum absolute atomic E-state index is 0.661. The summed E-state index contributed by atoms with van der Waals surface area (Å²) in [6.45, 7) is 0. The lowest BCUT2D eigenvalue weighted by molar-refractivity contribution is 0.925. The SMILES string of the molecule is CN(N=NC#N)c1ccc(Cl)cc1. The number of halogens is 1. The van der Waals surface area contributed by atoms with E-state index in [-0.39, 0.29) is 0 Å². The van der Waals surface area contributed by atoms with Crippen LogP contribution in [0.25, 0.3) is 0 Å². The number of hydrogen-bond donors (Lipinski definition) is 0. The fourth-order valence-corrected chi connectivity index (χ4v) is 0.922. The lowest BCUT2D eigenvalue weighted by Gasteiger charge is -2.09. The summed E-state index contributed by atoms with van der Waals surface area (Å²) in [7, 11) is 1.70. The second-order valence-electron chi connectivity index (χ2n) is 2.29. The summed E-state index contributed by atoms with van der Waals surface area (Å²) >= 11 is 5.70. The molecule has 5 heteroatoms. The average molecular weight is 195 g/mol. The molecule has 1 aromatic carbocycles. The smallest absolute Gasteiger partial charge is 0.227 e. The van der Waals surface area contributed by atoms with Crippen LogP contribution in [-0.4, -0.2) is 7.05 Å². The Morgan fingerprint density at radius 1 is 1.38 bits per heavy atom. The van der Waals surface area contributed by atoms with Crippen molar-refractivity contribution in [3.05, 3.63) is 29.3 Å². The Balaban J connectivity index is 2.78. The van der Waals surface area contributed by atoms with E-state index in [2.05, 4.69) is 10.3 Å². The van der Waals surface area contributed by atoms with E-state index in [1.165, 1.54) is 5.01 Å².